The molecule has 3 rings (SSSR count). The minimum Gasteiger partial charge on any atom is -0.467 e. The van der Waals surface area contributed by atoms with Gasteiger partial charge >= 0.3 is 0 Å². The summed E-state index contributed by atoms with van der Waals surface area (Å²) in [5.74, 6) is 0.635. The quantitative estimate of drug-likeness (QED) is 0.441. The van der Waals surface area contributed by atoms with Crippen LogP contribution in [0.25, 0.3) is 0 Å². The summed E-state index contributed by atoms with van der Waals surface area (Å²) in [7, 11) is 0. The van der Waals surface area contributed by atoms with E-state index >= 15 is 0 Å². The van der Waals surface area contributed by atoms with Crippen molar-refractivity contribution in [2.24, 2.45) is 0 Å². The molecule has 3 aromatic rings. The second kappa shape index (κ2) is 11.9. The van der Waals surface area contributed by atoms with Crippen LogP contribution in [0.1, 0.15) is 37.2 Å². The molecule has 0 bridgehead atoms. The van der Waals surface area contributed by atoms with Crippen LogP contribution in [-0.2, 0) is 29.0 Å². The third-order valence-corrected chi connectivity index (χ3v) is 5.74. The van der Waals surface area contributed by atoms with Gasteiger partial charge in [-0.15, -0.1) is 0 Å². The van der Waals surface area contributed by atoms with Gasteiger partial charge in [0.1, 0.15) is 12.3 Å². The molecule has 2 amide bonds. The van der Waals surface area contributed by atoms with Crippen molar-refractivity contribution in [1.29, 1.82) is 0 Å². The Hall–Kier alpha value is -3.34. The van der Waals surface area contributed by atoms with Crippen LogP contribution >= 0.6 is 0 Å². The van der Waals surface area contributed by atoms with Gasteiger partial charge in [0, 0.05) is 12.6 Å². The summed E-state index contributed by atoms with van der Waals surface area (Å²) in [6.45, 7) is 5.05. The molecular formula is C27H32N2O3. The molecular weight excluding hydrogens is 400 g/mol. The van der Waals surface area contributed by atoms with Gasteiger partial charge in [0.15, 0.2) is 0 Å². The Morgan fingerprint density at radius 2 is 1.53 bits per heavy atom. The number of amides is 2. The maximum absolute atomic E-state index is 13.4. The first-order chi connectivity index (χ1) is 15.6. The number of rotatable bonds is 11. The minimum absolute atomic E-state index is 0.0188. The summed E-state index contributed by atoms with van der Waals surface area (Å²) in [6.07, 6.45) is 3.44. The molecule has 32 heavy (non-hydrogen) atoms. The maximum Gasteiger partial charge on any atom is 0.242 e. The molecule has 1 unspecified atom stereocenters. The smallest absolute Gasteiger partial charge is 0.242 e. The van der Waals surface area contributed by atoms with E-state index < -0.39 is 0 Å². The molecule has 2 aromatic carbocycles. The average Bonchev–Trinajstić information content (AvgIpc) is 3.34. The van der Waals surface area contributed by atoms with Gasteiger partial charge in [-0.1, -0.05) is 67.6 Å². The molecule has 0 fully saturated rings. The van der Waals surface area contributed by atoms with Crippen LogP contribution in [0.15, 0.2) is 83.5 Å². The lowest BCUT2D eigenvalue weighted by molar-refractivity contribution is -0.142. The van der Waals surface area contributed by atoms with Crippen molar-refractivity contribution in [3.63, 3.8) is 0 Å². The summed E-state index contributed by atoms with van der Waals surface area (Å²) in [5, 5.41) is 0. The molecule has 1 heterocycles. The summed E-state index contributed by atoms with van der Waals surface area (Å²) in [5.41, 5.74) is 2.12. The standard InChI is InChI=1S/C27H32N2O3/c1-3-22(2)29(26(30)19-24-13-8-5-9-14-24)21-27(31)28(20-25-15-10-18-32-25)17-16-23-11-6-4-7-12-23/h4-15,18,22H,3,16-17,19-21H2,1-2H3. The fourth-order valence-electron chi connectivity index (χ4n) is 3.62. The van der Waals surface area contributed by atoms with Crippen molar-refractivity contribution in [3.05, 3.63) is 95.9 Å². The Balaban J connectivity index is 1.71. The van der Waals surface area contributed by atoms with Crippen LogP contribution in [0.4, 0.5) is 0 Å². The Morgan fingerprint density at radius 1 is 0.875 bits per heavy atom. The van der Waals surface area contributed by atoms with Gasteiger partial charge in [-0.3, -0.25) is 9.59 Å². The Morgan fingerprint density at radius 3 is 2.12 bits per heavy atom. The monoisotopic (exact) mass is 432 g/mol. The Bertz CT molecular complexity index is 955. The number of hydrogen-bond donors (Lipinski definition) is 0. The Labute approximate surface area is 190 Å². The SMILES string of the molecule is CCC(C)N(CC(=O)N(CCc1ccccc1)Cc1ccco1)C(=O)Cc1ccccc1. The number of benzene rings is 2. The normalized spacial score (nSPS) is 11.7. The average molecular weight is 433 g/mol. The maximum atomic E-state index is 13.4. The molecule has 0 spiro atoms. The zero-order valence-corrected chi connectivity index (χ0v) is 18.9. The van der Waals surface area contributed by atoms with Crippen molar-refractivity contribution in [2.45, 2.75) is 45.7 Å². The van der Waals surface area contributed by atoms with Crippen LogP contribution in [0.5, 0.6) is 0 Å². The second-order valence-electron chi connectivity index (χ2n) is 8.07. The minimum atomic E-state index is -0.0703. The number of nitrogens with zero attached hydrogens (tertiary/aromatic N) is 2. The van der Waals surface area contributed by atoms with Gasteiger partial charge in [0.05, 0.1) is 19.2 Å². The Kier molecular flexibility index (Phi) is 8.67. The summed E-state index contributed by atoms with van der Waals surface area (Å²) in [6, 6.07) is 23.5. The highest BCUT2D eigenvalue weighted by Crippen LogP contribution is 2.13. The van der Waals surface area contributed by atoms with Gasteiger partial charge in [0.25, 0.3) is 0 Å². The van der Waals surface area contributed by atoms with Crippen molar-refractivity contribution in [1.82, 2.24) is 9.80 Å². The van der Waals surface area contributed by atoms with Crippen molar-refractivity contribution in [2.75, 3.05) is 13.1 Å². The first-order valence-electron chi connectivity index (χ1n) is 11.2. The molecule has 5 heteroatoms. The molecule has 0 aliphatic rings. The largest absolute Gasteiger partial charge is 0.467 e. The van der Waals surface area contributed by atoms with Crippen LogP contribution in [0.3, 0.4) is 0 Å². The zero-order chi connectivity index (χ0) is 22.8. The fourth-order valence-corrected chi connectivity index (χ4v) is 3.62. The first kappa shape index (κ1) is 23.3. The van der Waals surface area contributed by atoms with Crippen LogP contribution < -0.4 is 0 Å². The van der Waals surface area contributed by atoms with Gasteiger partial charge in [-0.05, 0) is 43.0 Å². The lowest BCUT2D eigenvalue weighted by atomic mass is 10.1. The topological polar surface area (TPSA) is 53.8 Å². The van der Waals surface area contributed by atoms with Gasteiger partial charge < -0.3 is 14.2 Å². The molecule has 168 valence electrons. The zero-order valence-electron chi connectivity index (χ0n) is 18.9. The number of carbonyl (C=O) groups is 2. The van der Waals surface area contributed by atoms with E-state index in [2.05, 4.69) is 12.1 Å². The number of carbonyl (C=O) groups excluding carboxylic acids is 2. The van der Waals surface area contributed by atoms with Crippen molar-refractivity contribution < 1.29 is 14.0 Å². The van der Waals surface area contributed by atoms with E-state index in [1.54, 1.807) is 16.1 Å². The predicted molar refractivity (Wildman–Crippen MR) is 126 cm³/mol. The fraction of sp³-hybridized carbons (Fsp3) is 0.333. The van der Waals surface area contributed by atoms with E-state index in [0.29, 0.717) is 19.5 Å². The van der Waals surface area contributed by atoms with Crippen molar-refractivity contribution in [3.8, 4) is 0 Å². The third kappa shape index (κ3) is 6.84. The van der Waals surface area contributed by atoms with E-state index in [1.807, 2.05) is 74.5 Å². The molecule has 0 aliphatic carbocycles. The molecule has 1 atom stereocenters. The summed E-state index contributed by atoms with van der Waals surface area (Å²) >= 11 is 0. The highest BCUT2D eigenvalue weighted by molar-refractivity contribution is 5.86. The van der Waals surface area contributed by atoms with Gasteiger partial charge in [0.2, 0.25) is 11.8 Å². The highest BCUT2D eigenvalue weighted by Gasteiger charge is 2.25. The van der Waals surface area contributed by atoms with E-state index in [-0.39, 0.29) is 24.4 Å². The first-order valence-corrected chi connectivity index (χ1v) is 11.2. The van der Waals surface area contributed by atoms with Gasteiger partial charge in [-0.2, -0.15) is 0 Å². The van der Waals surface area contributed by atoms with Crippen LogP contribution in [-0.4, -0.2) is 40.7 Å². The van der Waals surface area contributed by atoms with Gasteiger partial charge in [-0.25, -0.2) is 0 Å². The summed E-state index contributed by atoms with van der Waals surface area (Å²) < 4.78 is 5.49. The molecule has 1 aromatic heterocycles. The molecule has 0 saturated heterocycles. The van der Waals surface area contributed by atoms with Crippen LogP contribution in [0.2, 0.25) is 0 Å². The summed E-state index contributed by atoms with van der Waals surface area (Å²) in [4.78, 5) is 30.0. The molecule has 0 N–H and O–H groups in total. The van der Waals surface area contributed by atoms with E-state index in [4.69, 9.17) is 4.42 Å². The lowest BCUT2D eigenvalue weighted by Crippen LogP contribution is -2.47. The number of furan rings is 1. The molecule has 0 radical (unpaired) electrons. The predicted octanol–water partition coefficient (Wildman–Crippen LogP) is 4.72. The highest BCUT2D eigenvalue weighted by atomic mass is 16.3. The van der Waals surface area contributed by atoms with E-state index in [1.165, 1.54) is 5.56 Å². The van der Waals surface area contributed by atoms with Crippen LogP contribution in [0, 0.1) is 0 Å². The second-order valence-corrected chi connectivity index (χ2v) is 8.07. The van der Waals surface area contributed by atoms with E-state index in [0.717, 1.165) is 24.2 Å². The van der Waals surface area contributed by atoms with E-state index in [9.17, 15) is 9.59 Å². The third-order valence-electron chi connectivity index (χ3n) is 5.74. The molecule has 5 nitrogen and oxygen atoms in total. The molecule has 0 saturated carbocycles. The number of hydrogen-bond acceptors (Lipinski definition) is 3. The lowest BCUT2D eigenvalue weighted by Gasteiger charge is -2.31. The molecule has 0 aliphatic heterocycles. The van der Waals surface area contributed by atoms with Crippen molar-refractivity contribution >= 4 is 11.8 Å².